The van der Waals surface area contributed by atoms with Crippen LogP contribution in [0.15, 0.2) is 22.7 Å². The van der Waals surface area contributed by atoms with Crippen LogP contribution in [0.3, 0.4) is 0 Å². The van der Waals surface area contributed by atoms with Gasteiger partial charge in [-0.25, -0.2) is 4.98 Å². The minimum atomic E-state index is -1.08. The van der Waals surface area contributed by atoms with Crippen molar-refractivity contribution in [3.8, 4) is 0 Å². The molecule has 0 saturated heterocycles. The van der Waals surface area contributed by atoms with Crippen molar-refractivity contribution in [2.24, 2.45) is 5.92 Å². The van der Waals surface area contributed by atoms with Crippen LogP contribution in [-0.2, 0) is 10.8 Å². The normalized spacial score (nSPS) is 13.0. The molecule has 112 valence electrons. The summed E-state index contributed by atoms with van der Waals surface area (Å²) in [5.74, 6) is 1.05. The number of hydrogen-bond donors (Lipinski definition) is 1. The van der Waals surface area contributed by atoms with E-state index in [4.69, 9.17) is 0 Å². The van der Waals surface area contributed by atoms with Gasteiger partial charge in [0.15, 0.2) is 4.34 Å². The second-order valence-electron chi connectivity index (χ2n) is 4.77. The van der Waals surface area contributed by atoms with E-state index in [2.05, 4.69) is 36.3 Å². The Labute approximate surface area is 127 Å². The predicted octanol–water partition coefficient (Wildman–Crippen LogP) is 2.99. The Hall–Kier alpha value is -1.01. The number of thiazole rings is 1. The molecule has 1 N–H and O–H groups in total. The molecule has 1 heterocycles. The van der Waals surface area contributed by atoms with Gasteiger partial charge in [0.05, 0.1) is 17.0 Å². The maximum absolute atomic E-state index is 11.8. The summed E-state index contributed by atoms with van der Waals surface area (Å²) in [7, 11) is -1.08. The van der Waals surface area contributed by atoms with Crippen LogP contribution in [0, 0.1) is 5.92 Å². The Morgan fingerprint density at radius 1 is 1.50 bits per heavy atom. The van der Waals surface area contributed by atoms with Gasteiger partial charge in [-0.1, -0.05) is 32.9 Å². The van der Waals surface area contributed by atoms with E-state index in [0.29, 0.717) is 27.4 Å². The monoisotopic (exact) mass is 314 g/mol. The van der Waals surface area contributed by atoms with Crippen molar-refractivity contribution in [1.82, 2.24) is 10.3 Å². The van der Waals surface area contributed by atoms with Crippen LogP contribution in [0.2, 0.25) is 0 Å². The third kappa shape index (κ3) is 5.96. The molecule has 0 aliphatic heterocycles. The highest BCUT2D eigenvalue weighted by Crippen LogP contribution is 2.16. The van der Waals surface area contributed by atoms with Gasteiger partial charge in [-0.05, 0) is 18.8 Å². The lowest BCUT2D eigenvalue weighted by molar-refractivity contribution is 0.0958. The van der Waals surface area contributed by atoms with Crippen LogP contribution in [0.4, 0.5) is 0 Å². The van der Waals surface area contributed by atoms with Crippen LogP contribution in [0.5, 0.6) is 0 Å². The molecule has 0 bridgehead atoms. The first-order valence-electron chi connectivity index (χ1n) is 6.82. The van der Waals surface area contributed by atoms with Crippen LogP contribution in [-0.4, -0.2) is 27.4 Å². The van der Waals surface area contributed by atoms with E-state index in [9.17, 15) is 9.00 Å². The van der Waals surface area contributed by atoms with Crippen LogP contribution in [0.1, 0.15) is 43.3 Å². The Bertz CT molecular complexity index is 481. The number of carbonyl (C=O) groups excluding carboxylic acids is 1. The molecule has 1 atom stereocenters. The lowest BCUT2D eigenvalue weighted by Gasteiger charge is -2.00. The van der Waals surface area contributed by atoms with Gasteiger partial charge in [-0.3, -0.25) is 9.00 Å². The number of aromatic nitrogens is 1. The molecule has 0 fully saturated rings. The third-order valence-corrected chi connectivity index (χ3v) is 5.15. The number of rotatable bonds is 8. The van der Waals surface area contributed by atoms with E-state index >= 15 is 0 Å². The van der Waals surface area contributed by atoms with Crippen molar-refractivity contribution >= 4 is 28.0 Å². The maximum atomic E-state index is 11.8. The minimum Gasteiger partial charge on any atom is -0.351 e. The zero-order chi connectivity index (χ0) is 15.0. The molecule has 1 aromatic rings. The lowest BCUT2D eigenvalue weighted by Crippen LogP contribution is -2.23. The van der Waals surface area contributed by atoms with E-state index in [1.807, 2.05) is 6.92 Å². The summed E-state index contributed by atoms with van der Waals surface area (Å²) in [6.07, 6.45) is 7.62. The molecule has 0 aromatic carbocycles. The van der Waals surface area contributed by atoms with Crippen molar-refractivity contribution in [3.63, 3.8) is 0 Å². The van der Waals surface area contributed by atoms with Crippen molar-refractivity contribution in [2.45, 2.75) is 38.0 Å². The van der Waals surface area contributed by atoms with Gasteiger partial charge in [0, 0.05) is 12.3 Å². The summed E-state index contributed by atoms with van der Waals surface area (Å²) < 4.78 is 12.1. The molecule has 0 aliphatic rings. The Morgan fingerprint density at radius 3 is 2.90 bits per heavy atom. The second kappa shape index (κ2) is 9.02. The summed E-state index contributed by atoms with van der Waals surface area (Å²) in [4.78, 5) is 16.4. The van der Waals surface area contributed by atoms with Gasteiger partial charge < -0.3 is 5.32 Å². The highest BCUT2D eigenvalue weighted by atomic mass is 32.2. The number of amides is 1. The molecule has 4 nitrogen and oxygen atoms in total. The molecule has 6 heteroatoms. The molecule has 0 spiro atoms. The van der Waals surface area contributed by atoms with Gasteiger partial charge >= 0.3 is 0 Å². The van der Waals surface area contributed by atoms with Gasteiger partial charge in [0.1, 0.15) is 4.88 Å². The molecule has 20 heavy (non-hydrogen) atoms. The van der Waals surface area contributed by atoms with Gasteiger partial charge in [0.25, 0.3) is 5.91 Å². The van der Waals surface area contributed by atoms with E-state index in [1.54, 1.807) is 0 Å². The number of hydrogen-bond acceptors (Lipinski definition) is 4. The zero-order valence-corrected chi connectivity index (χ0v) is 13.9. The fraction of sp³-hybridized carbons (Fsp3) is 0.571. The number of nitrogens with zero attached hydrogens (tertiary/aromatic N) is 1. The highest BCUT2D eigenvalue weighted by Gasteiger charge is 2.12. The lowest BCUT2D eigenvalue weighted by atomic mass is 10.1. The minimum absolute atomic E-state index is 0.140. The van der Waals surface area contributed by atoms with Crippen LogP contribution in [0.25, 0.3) is 0 Å². The van der Waals surface area contributed by atoms with E-state index in [1.165, 1.54) is 17.5 Å². The number of nitrogens with one attached hydrogen (secondary N) is 1. The van der Waals surface area contributed by atoms with Crippen molar-refractivity contribution in [1.29, 1.82) is 0 Å². The van der Waals surface area contributed by atoms with E-state index < -0.39 is 10.8 Å². The summed E-state index contributed by atoms with van der Waals surface area (Å²) in [5, 5.41) is 2.84. The van der Waals surface area contributed by atoms with Gasteiger partial charge in [0.2, 0.25) is 0 Å². The van der Waals surface area contributed by atoms with Crippen LogP contribution < -0.4 is 5.32 Å². The maximum Gasteiger partial charge on any atom is 0.263 e. The Morgan fingerprint density at radius 2 is 2.25 bits per heavy atom. The first kappa shape index (κ1) is 17.0. The molecule has 1 amide bonds. The highest BCUT2D eigenvalue weighted by molar-refractivity contribution is 7.87. The fourth-order valence-corrected chi connectivity index (χ4v) is 3.41. The summed E-state index contributed by atoms with van der Waals surface area (Å²) >= 11 is 1.20. The second-order valence-corrected chi connectivity index (χ2v) is 7.71. The predicted molar refractivity (Wildman–Crippen MR) is 84.6 cm³/mol. The Kier molecular flexibility index (Phi) is 7.69. The van der Waals surface area contributed by atoms with Crippen LogP contribution >= 0.6 is 11.3 Å². The van der Waals surface area contributed by atoms with E-state index in [0.717, 1.165) is 12.8 Å². The molecular weight excluding hydrogens is 292 g/mol. The first-order valence-corrected chi connectivity index (χ1v) is 8.95. The van der Waals surface area contributed by atoms with Crippen molar-refractivity contribution in [3.05, 3.63) is 23.2 Å². The number of carbonyl (C=O) groups is 1. The standard InChI is InChI=1S/C14H22N2O2S2/c1-4-20(18)14-16-10-12(19-14)13(17)15-9-7-5-6-8-11(2)3/h5-6,10-11H,4,7-9H2,1-3H3,(H,15,17)/b6-5+. The van der Waals surface area contributed by atoms with Crippen molar-refractivity contribution in [2.75, 3.05) is 12.3 Å². The summed E-state index contributed by atoms with van der Waals surface area (Å²) in [5.41, 5.74) is 0. The average Bonchev–Trinajstić information content (AvgIpc) is 2.91. The molecule has 0 radical (unpaired) electrons. The first-order chi connectivity index (χ1) is 9.54. The molecule has 1 aromatic heterocycles. The molecule has 1 rings (SSSR count). The molecular formula is C14H22N2O2S2. The third-order valence-electron chi connectivity index (χ3n) is 2.54. The fourth-order valence-electron chi connectivity index (χ4n) is 1.43. The molecule has 1 unspecified atom stereocenters. The SMILES string of the molecule is CCS(=O)c1ncc(C(=O)NCC/C=C/CC(C)C)s1. The topological polar surface area (TPSA) is 59.1 Å². The zero-order valence-electron chi connectivity index (χ0n) is 12.2. The largest absolute Gasteiger partial charge is 0.351 e. The van der Waals surface area contributed by atoms with E-state index in [-0.39, 0.29) is 5.91 Å². The Balaban J connectivity index is 2.34. The quantitative estimate of drug-likeness (QED) is 0.593. The van der Waals surface area contributed by atoms with Gasteiger partial charge in [-0.15, -0.1) is 11.3 Å². The average molecular weight is 314 g/mol. The smallest absolute Gasteiger partial charge is 0.263 e. The summed E-state index contributed by atoms with van der Waals surface area (Å²) in [6, 6.07) is 0. The molecule has 0 saturated carbocycles. The number of allylic oxidation sites excluding steroid dienone is 1. The summed E-state index contributed by atoms with van der Waals surface area (Å²) in [6.45, 7) is 6.79. The molecule has 0 aliphatic carbocycles. The van der Waals surface area contributed by atoms with Gasteiger partial charge in [-0.2, -0.15) is 0 Å². The van der Waals surface area contributed by atoms with Crippen molar-refractivity contribution < 1.29 is 9.00 Å².